The molecule has 9 nitrogen and oxygen atoms in total. The summed E-state index contributed by atoms with van der Waals surface area (Å²) in [5, 5.41) is 16.6. The van der Waals surface area contributed by atoms with Crippen LogP contribution >= 0.6 is 0 Å². The summed E-state index contributed by atoms with van der Waals surface area (Å²) in [5.74, 6) is 0.519. The van der Waals surface area contributed by atoms with Gasteiger partial charge in [-0.15, -0.1) is 5.10 Å². The van der Waals surface area contributed by atoms with Gasteiger partial charge in [0.1, 0.15) is 11.3 Å². The van der Waals surface area contributed by atoms with Crippen molar-refractivity contribution in [3.05, 3.63) is 48.0 Å². The number of fused-ring (bicyclic) bond motifs is 1. The van der Waals surface area contributed by atoms with Crippen LogP contribution in [0, 0.1) is 0 Å². The van der Waals surface area contributed by atoms with E-state index < -0.39 is 0 Å². The van der Waals surface area contributed by atoms with Gasteiger partial charge in [-0.2, -0.15) is 0 Å². The van der Waals surface area contributed by atoms with Gasteiger partial charge < -0.3 is 20.7 Å². The third-order valence-corrected chi connectivity index (χ3v) is 4.13. The molecule has 0 atom stereocenters. The molecule has 0 aliphatic heterocycles. The van der Waals surface area contributed by atoms with Crippen LogP contribution in [0.15, 0.2) is 42.5 Å². The molecule has 3 N–H and O–H groups in total. The Morgan fingerprint density at radius 1 is 1.17 bits per heavy atom. The Morgan fingerprint density at radius 3 is 2.76 bits per heavy atom. The van der Waals surface area contributed by atoms with E-state index in [2.05, 4.69) is 26.3 Å². The van der Waals surface area contributed by atoms with Gasteiger partial charge in [-0.1, -0.05) is 11.3 Å². The standard InChI is InChI=1S/C20H24N6O3/c1-13(2)22-19(27)14-7-8-18-17(11-14)24-25-26(18)10-9-21-20(28)23-15-5-4-6-16(12-15)29-3/h4-8,11-13H,9-10H2,1-3H3,(H,22,27)(H2,21,23,28). The van der Waals surface area contributed by atoms with E-state index >= 15 is 0 Å². The van der Waals surface area contributed by atoms with Gasteiger partial charge in [-0.25, -0.2) is 9.48 Å². The Hall–Kier alpha value is -3.62. The lowest BCUT2D eigenvalue weighted by Gasteiger charge is -2.09. The lowest BCUT2D eigenvalue weighted by Crippen LogP contribution is -2.31. The maximum atomic E-state index is 12.1. The number of methoxy groups -OCH3 is 1. The zero-order valence-corrected chi connectivity index (χ0v) is 16.6. The van der Waals surface area contributed by atoms with Gasteiger partial charge in [0.15, 0.2) is 0 Å². The fraction of sp³-hybridized carbons (Fsp3) is 0.300. The summed E-state index contributed by atoms with van der Waals surface area (Å²) in [6.45, 7) is 4.62. The molecule has 2 aromatic carbocycles. The first-order chi connectivity index (χ1) is 14.0. The highest BCUT2D eigenvalue weighted by atomic mass is 16.5. The number of rotatable bonds is 7. The monoisotopic (exact) mass is 396 g/mol. The molecule has 0 aliphatic rings. The number of amides is 3. The van der Waals surface area contributed by atoms with Crippen LogP contribution in [0.5, 0.6) is 5.75 Å². The van der Waals surface area contributed by atoms with E-state index in [-0.39, 0.29) is 18.0 Å². The Kier molecular flexibility index (Phi) is 6.28. The molecule has 9 heteroatoms. The molecule has 0 saturated heterocycles. The number of hydrogen-bond acceptors (Lipinski definition) is 5. The Labute approximate surface area is 168 Å². The molecule has 0 radical (unpaired) electrons. The molecule has 3 rings (SSSR count). The molecular formula is C20H24N6O3. The Balaban J connectivity index is 1.56. The van der Waals surface area contributed by atoms with Crippen molar-refractivity contribution in [3.63, 3.8) is 0 Å². The average molecular weight is 396 g/mol. The minimum Gasteiger partial charge on any atom is -0.497 e. The first-order valence-electron chi connectivity index (χ1n) is 9.29. The highest BCUT2D eigenvalue weighted by Gasteiger charge is 2.11. The van der Waals surface area contributed by atoms with Crippen LogP contribution in [0.4, 0.5) is 10.5 Å². The third kappa shape index (κ3) is 5.22. The van der Waals surface area contributed by atoms with Crippen LogP contribution in [-0.2, 0) is 6.54 Å². The zero-order valence-electron chi connectivity index (χ0n) is 16.6. The first-order valence-corrected chi connectivity index (χ1v) is 9.29. The number of nitrogens with one attached hydrogen (secondary N) is 3. The van der Waals surface area contributed by atoms with Gasteiger partial charge in [0.25, 0.3) is 5.91 Å². The van der Waals surface area contributed by atoms with Crippen molar-refractivity contribution >= 4 is 28.7 Å². The van der Waals surface area contributed by atoms with E-state index in [0.29, 0.717) is 35.6 Å². The largest absolute Gasteiger partial charge is 0.497 e. The van der Waals surface area contributed by atoms with E-state index in [4.69, 9.17) is 4.74 Å². The van der Waals surface area contributed by atoms with Crippen molar-refractivity contribution in [2.45, 2.75) is 26.4 Å². The summed E-state index contributed by atoms with van der Waals surface area (Å²) in [7, 11) is 1.57. The summed E-state index contributed by atoms with van der Waals surface area (Å²) in [4.78, 5) is 24.2. The average Bonchev–Trinajstić information content (AvgIpc) is 3.10. The van der Waals surface area contributed by atoms with Crippen molar-refractivity contribution in [1.82, 2.24) is 25.6 Å². The minimum absolute atomic E-state index is 0.0584. The number of carbonyl (C=O) groups is 2. The summed E-state index contributed by atoms with van der Waals surface area (Å²) >= 11 is 0. The van der Waals surface area contributed by atoms with Gasteiger partial charge in [-0.3, -0.25) is 4.79 Å². The van der Waals surface area contributed by atoms with E-state index in [9.17, 15) is 9.59 Å². The first kappa shape index (κ1) is 20.1. The zero-order chi connectivity index (χ0) is 20.8. The number of aromatic nitrogens is 3. The molecule has 1 heterocycles. The predicted molar refractivity (Wildman–Crippen MR) is 110 cm³/mol. The lowest BCUT2D eigenvalue weighted by atomic mass is 10.2. The van der Waals surface area contributed by atoms with Crippen molar-refractivity contribution in [2.24, 2.45) is 0 Å². The molecule has 0 spiro atoms. The maximum Gasteiger partial charge on any atom is 0.319 e. The quantitative estimate of drug-likeness (QED) is 0.568. The van der Waals surface area contributed by atoms with Gasteiger partial charge in [0, 0.05) is 29.9 Å². The smallest absolute Gasteiger partial charge is 0.319 e. The molecule has 0 fully saturated rings. The second-order valence-electron chi connectivity index (χ2n) is 6.76. The number of carbonyl (C=O) groups excluding carboxylic acids is 2. The van der Waals surface area contributed by atoms with E-state index in [1.165, 1.54) is 0 Å². The van der Waals surface area contributed by atoms with Crippen molar-refractivity contribution in [3.8, 4) is 5.75 Å². The molecule has 0 aliphatic carbocycles. The summed E-state index contributed by atoms with van der Waals surface area (Å²) < 4.78 is 6.82. The molecule has 3 amide bonds. The van der Waals surface area contributed by atoms with Gasteiger partial charge >= 0.3 is 6.03 Å². The number of urea groups is 1. The van der Waals surface area contributed by atoms with Crippen LogP contribution in [0.2, 0.25) is 0 Å². The van der Waals surface area contributed by atoms with Crippen LogP contribution in [-0.4, -0.2) is 46.6 Å². The van der Waals surface area contributed by atoms with E-state index in [0.717, 1.165) is 5.52 Å². The molecule has 152 valence electrons. The molecule has 0 unspecified atom stereocenters. The van der Waals surface area contributed by atoms with E-state index in [1.807, 2.05) is 13.8 Å². The van der Waals surface area contributed by atoms with Crippen LogP contribution in [0.25, 0.3) is 11.0 Å². The maximum absolute atomic E-state index is 12.1. The van der Waals surface area contributed by atoms with Crippen LogP contribution in [0.1, 0.15) is 24.2 Å². The third-order valence-electron chi connectivity index (χ3n) is 4.13. The SMILES string of the molecule is COc1cccc(NC(=O)NCCn2nnc3cc(C(=O)NC(C)C)ccc32)c1. The summed E-state index contributed by atoms with van der Waals surface area (Å²) in [6.07, 6.45) is 0. The second kappa shape index (κ2) is 9.05. The summed E-state index contributed by atoms with van der Waals surface area (Å²) in [5.41, 5.74) is 2.60. The number of nitrogens with zero attached hydrogens (tertiary/aromatic N) is 3. The van der Waals surface area contributed by atoms with Crippen molar-refractivity contribution in [2.75, 3.05) is 19.0 Å². The number of benzene rings is 2. The van der Waals surface area contributed by atoms with Crippen LogP contribution < -0.4 is 20.7 Å². The van der Waals surface area contributed by atoms with Gasteiger partial charge in [-0.05, 0) is 44.2 Å². The molecule has 0 bridgehead atoms. The molecule has 29 heavy (non-hydrogen) atoms. The van der Waals surface area contributed by atoms with E-state index in [1.54, 1.807) is 54.3 Å². The molecular weight excluding hydrogens is 372 g/mol. The highest BCUT2D eigenvalue weighted by molar-refractivity contribution is 5.97. The molecule has 1 aromatic heterocycles. The second-order valence-corrected chi connectivity index (χ2v) is 6.76. The highest BCUT2D eigenvalue weighted by Crippen LogP contribution is 2.16. The molecule has 3 aromatic rings. The Morgan fingerprint density at radius 2 is 2.00 bits per heavy atom. The van der Waals surface area contributed by atoms with Gasteiger partial charge in [0.2, 0.25) is 0 Å². The topological polar surface area (TPSA) is 110 Å². The normalized spacial score (nSPS) is 10.8. The fourth-order valence-corrected chi connectivity index (χ4v) is 2.78. The minimum atomic E-state index is -0.324. The lowest BCUT2D eigenvalue weighted by molar-refractivity contribution is 0.0943. The van der Waals surface area contributed by atoms with Crippen molar-refractivity contribution in [1.29, 1.82) is 0 Å². The summed E-state index contributed by atoms with van der Waals surface area (Å²) in [6, 6.07) is 12.1. The van der Waals surface area contributed by atoms with Crippen molar-refractivity contribution < 1.29 is 14.3 Å². The van der Waals surface area contributed by atoms with Crippen LogP contribution in [0.3, 0.4) is 0 Å². The van der Waals surface area contributed by atoms with Gasteiger partial charge in [0.05, 0.1) is 19.2 Å². The Bertz CT molecular complexity index is 1010. The predicted octanol–water partition coefficient (Wildman–Crippen LogP) is 2.40. The fourth-order valence-electron chi connectivity index (χ4n) is 2.78. The molecule has 0 saturated carbocycles. The number of anilines is 1. The number of hydrogen-bond donors (Lipinski definition) is 3. The number of ether oxygens (including phenoxy) is 1.